The van der Waals surface area contributed by atoms with E-state index in [9.17, 15) is 13.2 Å². The molecule has 5 nitrogen and oxygen atoms in total. The Bertz CT molecular complexity index is 362. The summed E-state index contributed by atoms with van der Waals surface area (Å²) in [6.45, 7) is 4.27. The first-order valence-electron chi connectivity index (χ1n) is 6.14. The Hall–Kier alpha value is -0.620. The maximum atomic E-state index is 12.1. The van der Waals surface area contributed by atoms with Crippen molar-refractivity contribution in [3.8, 4) is 0 Å². The summed E-state index contributed by atoms with van der Waals surface area (Å²) in [6.07, 6.45) is 2.68. The Morgan fingerprint density at radius 2 is 2.00 bits per heavy atom. The Morgan fingerprint density at radius 1 is 1.41 bits per heavy atom. The highest BCUT2D eigenvalue weighted by atomic mass is 32.2. The Balaban J connectivity index is 2.79. The summed E-state index contributed by atoms with van der Waals surface area (Å²) >= 11 is 0. The van der Waals surface area contributed by atoms with Gasteiger partial charge in [-0.1, -0.05) is 26.7 Å². The fourth-order valence-corrected chi connectivity index (χ4v) is 4.49. The monoisotopic (exact) mass is 263 g/mol. The van der Waals surface area contributed by atoms with E-state index in [1.165, 1.54) is 4.31 Å². The molecule has 17 heavy (non-hydrogen) atoms. The summed E-state index contributed by atoms with van der Waals surface area (Å²) in [5.74, 6) is -0.838. The lowest BCUT2D eigenvalue weighted by Gasteiger charge is -2.23. The van der Waals surface area contributed by atoms with E-state index in [1.54, 1.807) is 0 Å². The van der Waals surface area contributed by atoms with E-state index in [0.29, 0.717) is 19.4 Å². The number of nitrogens with zero attached hydrogens (tertiary/aromatic N) is 1. The van der Waals surface area contributed by atoms with Gasteiger partial charge in [-0.25, -0.2) is 8.42 Å². The lowest BCUT2D eigenvalue weighted by Crippen LogP contribution is -2.42. The smallest absolute Gasteiger partial charge is 0.322 e. The van der Waals surface area contributed by atoms with Crippen LogP contribution < -0.4 is 0 Å². The molecule has 1 heterocycles. The largest absolute Gasteiger partial charge is 0.480 e. The van der Waals surface area contributed by atoms with E-state index < -0.39 is 22.0 Å². The van der Waals surface area contributed by atoms with Crippen molar-refractivity contribution in [3.63, 3.8) is 0 Å². The zero-order valence-electron chi connectivity index (χ0n) is 10.4. The Labute approximate surface area is 103 Å². The molecule has 1 aliphatic rings. The molecular weight excluding hydrogens is 242 g/mol. The first-order chi connectivity index (χ1) is 7.92. The summed E-state index contributed by atoms with van der Waals surface area (Å²) in [5, 5.41) is 8.99. The third-order valence-electron chi connectivity index (χ3n) is 3.45. The quantitative estimate of drug-likeness (QED) is 0.784. The molecule has 100 valence electrons. The van der Waals surface area contributed by atoms with E-state index in [1.807, 2.05) is 13.8 Å². The summed E-state index contributed by atoms with van der Waals surface area (Å²) in [4.78, 5) is 11.0. The maximum Gasteiger partial charge on any atom is 0.322 e. The van der Waals surface area contributed by atoms with Gasteiger partial charge in [-0.05, 0) is 18.8 Å². The van der Waals surface area contributed by atoms with Crippen molar-refractivity contribution in [2.45, 2.75) is 45.6 Å². The van der Waals surface area contributed by atoms with E-state index in [4.69, 9.17) is 5.11 Å². The molecule has 1 N–H and O–H groups in total. The summed E-state index contributed by atoms with van der Waals surface area (Å²) in [6, 6.07) is -0.852. The highest BCUT2D eigenvalue weighted by molar-refractivity contribution is 7.89. The van der Waals surface area contributed by atoms with Crippen molar-refractivity contribution in [2.75, 3.05) is 12.3 Å². The van der Waals surface area contributed by atoms with Crippen molar-refractivity contribution >= 4 is 16.0 Å². The first kappa shape index (κ1) is 14.4. The molecule has 0 amide bonds. The highest BCUT2D eigenvalue weighted by Gasteiger charge is 2.38. The molecule has 1 aliphatic heterocycles. The molecule has 0 spiro atoms. The van der Waals surface area contributed by atoms with Gasteiger partial charge in [0.15, 0.2) is 0 Å². The molecule has 6 heteroatoms. The van der Waals surface area contributed by atoms with Gasteiger partial charge in [0.1, 0.15) is 6.04 Å². The fraction of sp³-hybridized carbons (Fsp3) is 0.909. The van der Waals surface area contributed by atoms with Gasteiger partial charge in [0.25, 0.3) is 0 Å². The second kappa shape index (κ2) is 5.82. The molecule has 0 aromatic heterocycles. The van der Waals surface area contributed by atoms with Crippen LogP contribution in [0.25, 0.3) is 0 Å². The summed E-state index contributed by atoms with van der Waals surface area (Å²) < 4.78 is 25.5. The van der Waals surface area contributed by atoms with E-state index in [0.717, 1.165) is 12.8 Å². The van der Waals surface area contributed by atoms with Crippen LogP contribution in [0.15, 0.2) is 0 Å². The molecule has 0 aromatic carbocycles. The van der Waals surface area contributed by atoms with E-state index >= 15 is 0 Å². The van der Waals surface area contributed by atoms with Gasteiger partial charge in [0.05, 0.1) is 5.75 Å². The molecule has 1 saturated heterocycles. The van der Waals surface area contributed by atoms with Crippen LogP contribution in [0.4, 0.5) is 0 Å². The van der Waals surface area contributed by atoms with Crippen molar-refractivity contribution in [1.82, 2.24) is 4.31 Å². The van der Waals surface area contributed by atoms with Gasteiger partial charge < -0.3 is 5.11 Å². The second-order valence-corrected chi connectivity index (χ2v) is 6.53. The predicted molar refractivity (Wildman–Crippen MR) is 65.2 cm³/mol. The molecule has 0 bridgehead atoms. The minimum Gasteiger partial charge on any atom is -0.480 e. The molecule has 1 rings (SSSR count). The number of carboxylic acid groups (broad SMARTS) is 1. The molecular formula is C11H21NO4S. The van der Waals surface area contributed by atoms with E-state index in [-0.39, 0.29) is 11.7 Å². The topological polar surface area (TPSA) is 74.7 Å². The van der Waals surface area contributed by atoms with Crippen LogP contribution >= 0.6 is 0 Å². The number of hydrogen-bond acceptors (Lipinski definition) is 3. The van der Waals surface area contributed by atoms with Crippen LogP contribution in [0, 0.1) is 5.92 Å². The van der Waals surface area contributed by atoms with Gasteiger partial charge in [-0.15, -0.1) is 0 Å². The Kier molecular flexibility index (Phi) is 4.94. The number of hydrogen-bond donors (Lipinski definition) is 1. The predicted octanol–water partition coefficient (Wildman–Crippen LogP) is 1.30. The van der Waals surface area contributed by atoms with Gasteiger partial charge in [-0.2, -0.15) is 4.31 Å². The SMILES string of the molecule is CCC(CC)CS(=O)(=O)N1CCC[C@@H]1C(=O)O. The average Bonchev–Trinajstić information content (AvgIpc) is 2.75. The highest BCUT2D eigenvalue weighted by Crippen LogP contribution is 2.24. The number of rotatable bonds is 6. The van der Waals surface area contributed by atoms with Crippen molar-refractivity contribution in [3.05, 3.63) is 0 Å². The number of aliphatic carboxylic acids is 1. The van der Waals surface area contributed by atoms with Gasteiger partial charge >= 0.3 is 5.97 Å². The molecule has 0 radical (unpaired) electrons. The normalized spacial score (nSPS) is 22.2. The Morgan fingerprint density at radius 3 is 2.47 bits per heavy atom. The number of carboxylic acids is 1. The van der Waals surface area contributed by atoms with Crippen molar-refractivity contribution in [2.24, 2.45) is 5.92 Å². The molecule has 0 unspecified atom stereocenters. The zero-order valence-corrected chi connectivity index (χ0v) is 11.2. The van der Waals surface area contributed by atoms with Crippen molar-refractivity contribution < 1.29 is 18.3 Å². The van der Waals surface area contributed by atoms with Gasteiger partial charge in [0, 0.05) is 6.54 Å². The van der Waals surface area contributed by atoms with Gasteiger partial charge in [-0.3, -0.25) is 4.79 Å². The second-order valence-electron chi connectivity index (χ2n) is 4.57. The maximum absolute atomic E-state index is 12.1. The van der Waals surface area contributed by atoms with Crippen LogP contribution in [0.2, 0.25) is 0 Å². The molecule has 0 aliphatic carbocycles. The fourth-order valence-electron chi connectivity index (χ4n) is 2.24. The van der Waals surface area contributed by atoms with Crippen LogP contribution in [0.1, 0.15) is 39.5 Å². The van der Waals surface area contributed by atoms with Crippen LogP contribution in [-0.2, 0) is 14.8 Å². The minimum absolute atomic E-state index is 0.0732. The molecule has 0 aromatic rings. The van der Waals surface area contributed by atoms with Gasteiger partial charge in [0.2, 0.25) is 10.0 Å². The standard InChI is InChI=1S/C11H21NO4S/c1-3-9(4-2)8-17(15,16)12-7-5-6-10(12)11(13)14/h9-10H,3-8H2,1-2H3,(H,13,14)/t10-/m1/s1. The minimum atomic E-state index is -3.43. The average molecular weight is 263 g/mol. The third kappa shape index (κ3) is 3.42. The summed E-state index contributed by atoms with van der Waals surface area (Å²) in [5.41, 5.74) is 0. The summed E-state index contributed by atoms with van der Waals surface area (Å²) in [7, 11) is -3.43. The first-order valence-corrected chi connectivity index (χ1v) is 7.75. The van der Waals surface area contributed by atoms with Crippen LogP contribution in [0.5, 0.6) is 0 Å². The lowest BCUT2D eigenvalue weighted by molar-refractivity contribution is -0.140. The molecule has 0 saturated carbocycles. The van der Waals surface area contributed by atoms with Crippen LogP contribution in [0.3, 0.4) is 0 Å². The molecule has 1 fully saturated rings. The van der Waals surface area contributed by atoms with Crippen LogP contribution in [-0.4, -0.2) is 42.1 Å². The zero-order chi connectivity index (χ0) is 13.1. The number of sulfonamides is 1. The van der Waals surface area contributed by atoms with E-state index in [2.05, 4.69) is 0 Å². The lowest BCUT2D eigenvalue weighted by atomic mass is 10.1. The molecule has 1 atom stereocenters. The third-order valence-corrected chi connectivity index (χ3v) is 5.49. The van der Waals surface area contributed by atoms with Crippen molar-refractivity contribution in [1.29, 1.82) is 0 Å². The number of carbonyl (C=O) groups is 1.